The lowest BCUT2D eigenvalue weighted by molar-refractivity contribution is -0.139. The van der Waals surface area contributed by atoms with Crippen molar-refractivity contribution in [1.82, 2.24) is 10.6 Å². The summed E-state index contributed by atoms with van der Waals surface area (Å²) in [5.41, 5.74) is 2.09. The fourth-order valence-corrected chi connectivity index (χ4v) is 2.15. The number of thioether (sulfide) groups is 1. The van der Waals surface area contributed by atoms with Gasteiger partial charge >= 0.3 is 12.0 Å². The Labute approximate surface area is 128 Å². The van der Waals surface area contributed by atoms with E-state index in [4.69, 9.17) is 5.11 Å². The molecule has 5 nitrogen and oxygen atoms in total. The third-order valence-corrected chi connectivity index (χ3v) is 3.39. The summed E-state index contributed by atoms with van der Waals surface area (Å²) in [5, 5.41) is 14.0. The predicted molar refractivity (Wildman–Crippen MR) is 86.3 cm³/mol. The van der Waals surface area contributed by atoms with Crippen molar-refractivity contribution in [2.45, 2.75) is 19.4 Å². The van der Waals surface area contributed by atoms with E-state index >= 15 is 0 Å². The Morgan fingerprint density at radius 1 is 1.43 bits per heavy atom. The van der Waals surface area contributed by atoms with Crippen molar-refractivity contribution in [2.24, 2.45) is 0 Å². The van der Waals surface area contributed by atoms with Gasteiger partial charge in [-0.05, 0) is 37.0 Å². The molecule has 1 aromatic carbocycles. The lowest BCUT2D eigenvalue weighted by Gasteiger charge is -2.13. The minimum absolute atomic E-state index is 0.394. The Bertz CT molecular complexity index is 517. The van der Waals surface area contributed by atoms with Gasteiger partial charge in [-0.1, -0.05) is 29.8 Å². The van der Waals surface area contributed by atoms with Crippen molar-refractivity contribution in [1.29, 1.82) is 0 Å². The van der Waals surface area contributed by atoms with Gasteiger partial charge in [-0.3, -0.25) is 0 Å². The number of benzene rings is 1. The van der Waals surface area contributed by atoms with Crippen LogP contribution in [0, 0.1) is 6.92 Å². The first-order chi connectivity index (χ1) is 10.0. The van der Waals surface area contributed by atoms with E-state index in [1.54, 1.807) is 17.8 Å². The molecule has 6 heteroatoms. The van der Waals surface area contributed by atoms with E-state index in [0.717, 1.165) is 11.1 Å². The van der Waals surface area contributed by atoms with E-state index in [0.29, 0.717) is 12.2 Å². The van der Waals surface area contributed by atoms with Crippen LogP contribution in [0.3, 0.4) is 0 Å². The van der Waals surface area contributed by atoms with E-state index in [1.165, 1.54) is 6.20 Å². The molecule has 2 amide bonds. The molecule has 0 heterocycles. The summed E-state index contributed by atoms with van der Waals surface area (Å²) in [6.45, 7) is 1.99. The number of rotatable bonds is 7. The summed E-state index contributed by atoms with van der Waals surface area (Å²) < 4.78 is 0. The largest absolute Gasteiger partial charge is 0.480 e. The number of hydrogen-bond donors (Lipinski definition) is 3. The van der Waals surface area contributed by atoms with Crippen LogP contribution in [0.15, 0.2) is 30.5 Å². The molecule has 0 bridgehead atoms. The third kappa shape index (κ3) is 6.85. The molecule has 0 fully saturated rings. The Kier molecular flexibility index (Phi) is 7.39. The van der Waals surface area contributed by atoms with Gasteiger partial charge < -0.3 is 15.7 Å². The van der Waals surface area contributed by atoms with Gasteiger partial charge in [-0.25, -0.2) is 9.59 Å². The zero-order valence-corrected chi connectivity index (χ0v) is 12.9. The highest BCUT2D eigenvalue weighted by Gasteiger charge is 2.18. The highest BCUT2D eigenvalue weighted by Crippen LogP contribution is 2.05. The number of carbonyl (C=O) groups excluding carboxylic acids is 1. The monoisotopic (exact) mass is 308 g/mol. The minimum atomic E-state index is -1.03. The van der Waals surface area contributed by atoms with Crippen molar-refractivity contribution in [3.63, 3.8) is 0 Å². The number of carboxylic acid groups (broad SMARTS) is 1. The molecule has 1 atom stereocenters. The Hall–Kier alpha value is -1.95. The first-order valence-corrected chi connectivity index (χ1v) is 7.94. The zero-order valence-electron chi connectivity index (χ0n) is 12.1. The van der Waals surface area contributed by atoms with Gasteiger partial charge in [0.05, 0.1) is 0 Å². The van der Waals surface area contributed by atoms with Crippen LogP contribution in [-0.4, -0.2) is 35.2 Å². The van der Waals surface area contributed by atoms with E-state index in [1.807, 2.05) is 37.4 Å². The fraction of sp³-hybridized carbons (Fsp3) is 0.333. The average molecular weight is 308 g/mol. The third-order valence-electron chi connectivity index (χ3n) is 2.75. The molecule has 0 saturated carbocycles. The summed E-state index contributed by atoms with van der Waals surface area (Å²) in [6, 6.07) is 6.42. The Balaban J connectivity index is 2.47. The van der Waals surface area contributed by atoms with Crippen LogP contribution in [-0.2, 0) is 4.79 Å². The molecule has 21 heavy (non-hydrogen) atoms. The van der Waals surface area contributed by atoms with E-state index in [2.05, 4.69) is 10.6 Å². The van der Waals surface area contributed by atoms with Gasteiger partial charge in [0.1, 0.15) is 6.04 Å². The number of carbonyl (C=O) groups is 2. The van der Waals surface area contributed by atoms with Crippen molar-refractivity contribution in [2.75, 3.05) is 12.0 Å². The molecule has 0 aromatic heterocycles. The summed E-state index contributed by atoms with van der Waals surface area (Å²) >= 11 is 1.54. The van der Waals surface area contributed by atoms with E-state index in [-0.39, 0.29) is 0 Å². The summed E-state index contributed by atoms with van der Waals surface area (Å²) in [4.78, 5) is 22.6. The van der Waals surface area contributed by atoms with Crippen LogP contribution >= 0.6 is 11.8 Å². The summed E-state index contributed by atoms with van der Waals surface area (Å²) in [5.74, 6) is -0.349. The molecule has 0 aliphatic carbocycles. The lowest BCUT2D eigenvalue weighted by Crippen LogP contribution is -2.44. The molecule has 1 rings (SSSR count). The molecule has 0 spiro atoms. The van der Waals surface area contributed by atoms with Crippen LogP contribution < -0.4 is 10.6 Å². The molecule has 0 aliphatic heterocycles. The van der Waals surface area contributed by atoms with Gasteiger partial charge in [0.25, 0.3) is 0 Å². The van der Waals surface area contributed by atoms with Crippen LogP contribution in [0.4, 0.5) is 4.79 Å². The average Bonchev–Trinajstić information content (AvgIpc) is 2.43. The van der Waals surface area contributed by atoms with Crippen LogP contribution in [0.5, 0.6) is 0 Å². The maximum atomic E-state index is 11.6. The zero-order chi connectivity index (χ0) is 15.7. The van der Waals surface area contributed by atoms with Gasteiger partial charge in [0.15, 0.2) is 0 Å². The second-order valence-corrected chi connectivity index (χ2v) is 5.52. The van der Waals surface area contributed by atoms with Gasteiger partial charge in [0.2, 0.25) is 0 Å². The molecular formula is C15H20N2O3S. The Morgan fingerprint density at radius 2 is 2.19 bits per heavy atom. The number of hydrogen-bond acceptors (Lipinski definition) is 3. The summed E-state index contributed by atoms with van der Waals surface area (Å²) in [6.07, 6.45) is 5.54. The lowest BCUT2D eigenvalue weighted by atomic mass is 10.1. The first kappa shape index (κ1) is 17.1. The SMILES string of the molecule is CSCCC(NC(=O)N/C=C/c1cccc(C)c1)C(=O)O. The molecule has 0 radical (unpaired) electrons. The predicted octanol–water partition coefficient (Wildman–Crippen LogP) is 2.47. The highest BCUT2D eigenvalue weighted by molar-refractivity contribution is 7.98. The topological polar surface area (TPSA) is 78.4 Å². The number of amides is 2. The van der Waals surface area contributed by atoms with Crippen molar-refractivity contribution in [3.8, 4) is 0 Å². The normalized spacial score (nSPS) is 12.1. The molecule has 1 aromatic rings. The summed E-state index contributed by atoms with van der Waals surface area (Å²) in [7, 11) is 0. The quantitative estimate of drug-likeness (QED) is 0.723. The molecule has 0 saturated heterocycles. The molecule has 1 unspecified atom stereocenters. The number of aliphatic carboxylic acids is 1. The van der Waals surface area contributed by atoms with Crippen molar-refractivity contribution in [3.05, 3.63) is 41.6 Å². The fourth-order valence-electron chi connectivity index (χ4n) is 1.68. The smallest absolute Gasteiger partial charge is 0.326 e. The maximum Gasteiger partial charge on any atom is 0.326 e. The van der Waals surface area contributed by atoms with Crippen molar-refractivity contribution < 1.29 is 14.7 Å². The molecule has 0 aliphatic rings. The van der Waals surface area contributed by atoms with Gasteiger partial charge in [-0.15, -0.1) is 0 Å². The number of urea groups is 1. The minimum Gasteiger partial charge on any atom is -0.480 e. The van der Waals surface area contributed by atoms with E-state index < -0.39 is 18.0 Å². The highest BCUT2D eigenvalue weighted by atomic mass is 32.2. The van der Waals surface area contributed by atoms with Gasteiger partial charge in [-0.2, -0.15) is 11.8 Å². The maximum absolute atomic E-state index is 11.6. The van der Waals surface area contributed by atoms with Crippen molar-refractivity contribution >= 4 is 29.8 Å². The van der Waals surface area contributed by atoms with Gasteiger partial charge in [0, 0.05) is 6.20 Å². The number of nitrogens with one attached hydrogen (secondary N) is 2. The molecule has 114 valence electrons. The second-order valence-electron chi connectivity index (χ2n) is 4.54. The standard InChI is InChI=1S/C15H20N2O3S/c1-11-4-3-5-12(10-11)6-8-16-15(20)17-13(14(18)19)7-9-21-2/h3-6,8,10,13H,7,9H2,1-2H3,(H,18,19)(H2,16,17,20)/b8-6+. The number of aryl methyl sites for hydroxylation is 1. The van der Waals surface area contributed by atoms with Crippen LogP contribution in [0.1, 0.15) is 17.5 Å². The van der Waals surface area contributed by atoms with Crippen LogP contribution in [0.25, 0.3) is 6.08 Å². The van der Waals surface area contributed by atoms with E-state index in [9.17, 15) is 9.59 Å². The molecular weight excluding hydrogens is 288 g/mol. The Morgan fingerprint density at radius 3 is 2.81 bits per heavy atom. The number of carboxylic acids is 1. The first-order valence-electron chi connectivity index (χ1n) is 6.55. The van der Waals surface area contributed by atoms with Crippen LogP contribution in [0.2, 0.25) is 0 Å². The second kappa shape index (κ2) is 9.07. The molecule has 3 N–H and O–H groups in total.